The van der Waals surface area contributed by atoms with Gasteiger partial charge in [-0.05, 0) is 34.1 Å². The van der Waals surface area contributed by atoms with Crippen molar-refractivity contribution in [2.24, 2.45) is 5.73 Å². The molecular formula is C19H31N7O2. The van der Waals surface area contributed by atoms with E-state index in [9.17, 15) is 4.79 Å². The molecule has 0 aromatic carbocycles. The van der Waals surface area contributed by atoms with Crippen molar-refractivity contribution >= 4 is 17.8 Å². The van der Waals surface area contributed by atoms with Gasteiger partial charge in [-0.15, -0.1) is 0 Å². The van der Waals surface area contributed by atoms with Gasteiger partial charge in [0.2, 0.25) is 0 Å². The molecule has 2 heterocycles. The number of nitrogens with zero attached hydrogens (tertiary/aromatic N) is 5. The van der Waals surface area contributed by atoms with Gasteiger partial charge in [-0.2, -0.15) is 10.4 Å². The zero-order valence-corrected chi connectivity index (χ0v) is 17.6. The highest BCUT2D eigenvalue weighted by Crippen LogP contribution is 2.05. The summed E-state index contributed by atoms with van der Waals surface area (Å²) in [6.45, 7) is 9.76. The van der Waals surface area contributed by atoms with E-state index in [0.29, 0.717) is 11.2 Å². The monoisotopic (exact) mass is 389 g/mol. The van der Waals surface area contributed by atoms with Crippen molar-refractivity contribution in [1.29, 1.82) is 5.26 Å². The molecule has 9 heteroatoms. The molecule has 0 aliphatic carbocycles. The molecule has 0 radical (unpaired) electrons. The molecule has 0 aliphatic rings. The van der Waals surface area contributed by atoms with Gasteiger partial charge in [0.25, 0.3) is 5.91 Å². The summed E-state index contributed by atoms with van der Waals surface area (Å²) in [5, 5.41) is 15.1. The number of hydrogen-bond acceptors (Lipinski definition) is 7. The minimum atomic E-state index is -0.758. The molecule has 0 unspecified atom stereocenters. The SMILES string of the molecule is CC=O.CCCCN(C)C#N.Cc1cc2ncc(C(=O)NC(C)(C)N)cn2n1. The van der Waals surface area contributed by atoms with Gasteiger partial charge >= 0.3 is 0 Å². The van der Waals surface area contributed by atoms with Crippen LogP contribution in [0.2, 0.25) is 0 Å². The van der Waals surface area contributed by atoms with E-state index >= 15 is 0 Å². The first-order valence-electron chi connectivity index (χ1n) is 9.02. The number of aromatic nitrogens is 3. The molecule has 0 fully saturated rings. The Kier molecular flexibility index (Phi) is 11.1. The maximum Gasteiger partial charge on any atom is 0.255 e. The van der Waals surface area contributed by atoms with Crippen molar-refractivity contribution in [2.45, 2.75) is 53.1 Å². The molecule has 2 aromatic rings. The number of aryl methyl sites for hydroxylation is 1. The number of rotatable bonds is 5. The third-order valence-corrected chi connectivity index (χ3v) is 3.15. The first kappa shape index (κ1) is 25.0. The lowest BCUT2D eigenvalue weighted by Crippen LogP contribution is -2.50. The number of hydrogen-bond donors (Lipinski definition) is 2. The molecule has 0 saturated carbocycles. The van der Waals surface area contributed by atoms with Crippen LogP contribution < -0.4 is 11.1 Å². The van der Waals surface area contributed by atoms with Crippen molar-refractivity contribution in [2.75, 3.05) is 13.6 Å². The van der Waals surface area contributed by atoms with Crippen LogP contribution in [0.5, 0.6) is 0 Å². The van der Waals surface area contributed by atoms with Crippen LogP contribution in [-0.4, -0.2) is 50.9 Å². The Morgan fingerprint density at radius 1 is 1.50 bits per heavy atom. The number of amides is 1. The maximum absolute atomic E-state index is 11.8. The Bertz CT molecular complexity index is 788. The second-order valence-corrected chi connectivity index (χ2v) is 6.72. The summed E-state index contributed by atoms with van der Waals surface area (Å²) in [6.07, 6.45) is 8.20. The zero-order valence-electron chi connectivity index (χ0n) is 17.6. The van der Waals surface area contributed by atoms with Crippen LogP contribution in [0.25, 0.3) is 5.65 Å². The second-order valence-electron chi connectivity index (χ2n) is 6.72. The van der Waals surface area contributed by atoms with Crippen LogP contribution >= 0.6 is 0 Å². The summed E-state index contributed by atoms with van der Waals surface area (Å²) in [6, 6.07) is 1.84. The predicted molar refractivity (Wildman–Crippen MR) is 108 cm³/mol. The highest BCUT2D eigenvalue weighted by atomic mass is 16.2. The van der Waals surface area contributed by atoms with E-state index in [1.165, 1.54) is 13.1 Å². The predicted octanol–water partition coefficient (Wildman–Crippen LogP) is 1.87. The molecule has 0 bridgehead atoms. The van der Waals surface area contributed by atoms with Gasteiger partial charge in [-0.1, -0.05) is 13.3 Å². The van der Waals surface area contributed by atoms with E-state index in [2.05, 4.69) is 22.3 Å². The van der Waals surface area contributed by atoms with E-state index in [4.69, 9.17) is 15.8 Å². The number of fused-ring (bicyclic) bond motifs is 1. The van der Waals surface area contributed by atoms with E-state index < -0.39 is 5.66 Å². The molecule has 2 rings (SSSR count). The second kappa shape index (κ2) is 12.4. The molecule has 0 aliphatic heterocycles. The van der Waals surface area contributed by atoms with E-state index in [0.717, 1.165) is 31.4 Å². The van der Waals surface area contributed by atoms with Crippen LogP contribution in [0.4, 0.5) is 0 Å². The first-order chi connectivity index (χ1) is 13.1. The largest absolute Gasteiger partial charge is 0.335 e. The Labute approximate surface area is 166 Å². The molecule has 9 nitrogen and oxygen atoms in total. The van der Waals surface area contributed by atoms with Gasteiger partial charge < -0.3 is 20.7 Å². The zero-order chi connectivity index (χ0) is 21.7. The lowest BCUT2D eigenvalue weighted by Gasteiger charge is -2.20. The molecule has 0 saturated heterocycles. The Balaban J connectivity index is 0.000000558. The Morgan fingerprint density at radius 3 is 2.61 bits per heavy atom. The third kappa shape index (κ3) is 10.2. The van der Waals surface area contributed by atoms with Gasteiger partial charge in [0.15, 0.2) is 11.8 Å². The Morgan fingerprint density at radius 2 is 2.11 bits per heavy atom. The molecular weight excluding hydrogens is 358 g/mol. The summed E-state index contributed by atoms with van der Waals surface area (Å²) in [4.78, 5) is 26.4. The molecule has 2 aromatic heterocycles. The lowest BCUT2D eigenvalue weighted by molar-refractivity contribution is -0.106. The standard InChI is InChI=1S/C11H15N5O.C6H12N2.C2H4O/c1-7-4-9-13-5-8(6-16(9)15-7)10(17)14-11(2,3)12;1-3-4-5-8(2)6-7;1-2-3/h4-6H,12H2,1-3H3,(H,14,17);3-5H2,1-2H3;2H,1H3. The maximum atomic E-state index is 11.8. The quantitative estimate of drug-likeness (QED) is 0.345. The van der Waals surface area contributed by atoms with Crippen LogP contribution in [0, 0.1) is 18.4 Å². The van der Waals surface area contributed by atoms with E-state index in [-0.39, 0.29) is 5.91 Å². The molecule has 1 amide bonds. The number of nitrogens with one attached hydrogen (secondary N) is 1. The molecule has 3 N–H and O–H groups in total. The summed E-state index contributed by atoms with van der Waals surface area (Å²) < 4.78 is 1.58. The average molecular weight is 390 g/mol. The number of nitriles is 1. The number of unbranched alkanes of at least 4 members (excludes halogenated alkanes) is 1. The van der Waals surface area contributed by atoms with Crippen LogP contribution in [0.15, 0.2) is 18.5 Å². The van der Waals surface area contributed by atoms with Gasteiger partial charge in [-0.25, -0.2) is 9.50 Å². The minimum absolute atomic E-state index is 0.264. The van der Waals surface area contributed by atoms with Crippen LogP contribution in [-0.2, 0) is 4.79 Å². The average Bonchev–Trinajstić information content (AvgIpc) is 2.98. The fraction of sp³-hybridized carbons (Fsp3) is 0.526. The normalized spacial score (nSPS) is 9.93. The Hall–Kier alpha value is -2.99. The summed E-state index contributed by atoms with van der Waals surface area (Å²) in [5.41, 5.74) is 6.96. The van der Waals surface area contributed by atoms with Gasteiger partial charge in [-0.3, -0.25) is 4.79 Å². The molecule has 0 spiro atoms. The van der Waals surface area contributed by atoms with E-state index in [1.807, 2.05) is 19.2 Å². The highest BCUT2D eigenvalue weighted by molar-refractivity contribution is 5.94. The molecule has 0 atom stereocenters. The van der Waals surface area contributed by atoms with Crippen molar-refractivity contribution in [1.82, 2.24) is 24.8 Å². The van der Waals surface area contributed by atoms with Crippen LogP contribution in [0.3, 0.4) is 0 Å². The third-order valence-electron chi connectivity index (χ3n) is 3.15. The summed E-state index contributed by atoms with van der Waals surface area (Å²) in [7, 11) is 1.80. The number of carbonyl (C=O) groups excluding carboxylic acids is 2. The lowest BCUT2D eigenvalue weighted by atomic mass is 10.2. The van der Waals surface area contributed by atoms with Gasteiger partial charge in [0.05, 0.1) is 16.9 Å². The summed E-state index contributed by atoms with van der Waals surface area (Å²) >= 11 is 0. The summed E-state index contributed by atoms with van der Waals surface area (Å²) in [5.74, 6) is -0.264. The number of nitrogens with two attached hydrogens (primary N) is 1. The fourth-order valence-electron chi connectivity index (χ4n) is 1.92. The number of carbonyl (C=O) groups is 2. The van der Waals surface area contributed by atoms with E-state index in [1.54, 1.807) is 36.5 Å². The van der Waals surface area contributed by atoms with Crippen LogP contribution in [0.1, 0.15) is 56.6 Å². The van der Waals surface area contributed by atoms with Gasteiger partial charge in [0.1, 0.15) is 6.29 Å². The van der Waals surface area contributed by atoms with Crippen molar-refractivity contribution < 1.29 is 9.59 Å². The fourth-order valence-corrected chi connectivity index (χ4v) is 1.92. The smallest absolute Gasteiger partial charge is 0.255 e. The molecule has 154 valence electrons. The van der Waals surface area contributed by atoms with Crippen molar-refractivity contribution in [3.05, 3.63) is 29.7 Å². The highest BCUT2D eigenvalue weighted by Gasteiger charge is 2.16. The topological polar surface area (TPSA) is 129 Å². The first-order valence-corrected chi connectivity index (χ1v) is 9.02. The number of aldehydes is 1. The minimum Gasteiger partial charge on any atom is -0.335 e. The molecule has 28 heavy (non-hydrogen) atoms. The van der Waals surface area contributed by atoms with Crippen molar-refractivity contribution in [3.63, 3.8) is 0 Å². The van der Waals surface area contributed by atoms with Crippen molar-refractivity contribution in [3.8, 4) is 6.19 Å². The van der Waals surface area contributed by atoms with Gasteiger partial charge in [0, 0.05) is 32.1 Å².